The summed E-state index contributed by atoms with van der Waals surface area (Å²) in [7, 11) is 0. The molecule has 100 valence electrons. The van der Waals surface area contributed by atoms with Crippen molar-refractivity contribution in [3.8, 4) is 0 Å². The van der Waals surface area contributed by atoms with Gasteiger partial charge in [0.1, 0.15) is 5.82 Å². The lowest BCUT2D eigenvalue weighted by Crippen LogP contribution is -2.23. The van der Waals surface area contributed by atoms with E-state index in [1.807, 2.05) is 0 Å². The number of nitrogens with zero attached hydrogens (tertiary/aromatic N) is 2. The van der Waals surface area contributed by atoms with Crippen molar-refractivity contribution in [1.29, 1.82) is 0 Å². The van der Waals surface area contributed by atoms with E-state index in [1.165, 1.54) is 31.2 Å². The number of nitrogens with one attached hydrogen (secondary N) is 1. The van der Waals surface area contributed by atoms with Crippen LogP contribution in [0.3, 0.4) is 0 Å². The highest BCUT2D eigenvalue weighted by Crippen LogP contribution is 2.32. The zero-order valence-corrected chi connectivity index (χ0v) is 12.1. The van der Waals surface area contributed by atoms with Crippen molar-refractivity contribution in [2.75, 3.05) is 0 Å². The van der Waals surface area contributed by atoms with Gasteiger partial charge in [-0.2, -0.15) is 0 Å². The standard InChI is InChI=1S/C15H25N3/c1-10(2)16-9-14-11(3)17-15(18-12(14)4)13-7-5-6-8-13/h10,13,16H,5-9H2,1-4H3. The van der Waals surface area contributed by atoms with E-state index >= 15 is 0 Å². The summed E-state index contributed by atoms with van der Waals surface area (Å²) in [5.74, 6) is 1.69. The Labute approximate surface area is 110 Å². The summed E-state index contributed by atoms with van der Waals surface area (Å²) in [6.07, 6.45) is 5.20. The Morgan fingerprint density at radius 1 is 1.11 bits per heavy atom. The predicted octanol–water partition coefficient (Wildman–Crippen LogP) is 3.25. The zero-order chi connectivity index (χ0) is 13.1. The predicted molar refractivity (Wildman–Crippen MR) is 74.7 cm³/mol. The van der Waals surface area contributed by atoms with Gasteiger partial charge in [0.15, 0.2) is 0 Å². The molecule has 1 aliphatic carbocycles. The quantitative estimate of drug-likeness (QED) is 0.887. The molecule has 3 nitrogen and oxygen atoms in total. The van der Waals surface area contributed by atoms with Crippen molar-refractivity contribution in [2.45, 2.75) is 71.9 Å². The molecule has 0 radical (unpaired) electrons. The monoisotopic (exact) mass is 247 g/mol. The van der Waals surface area contributed by atoms with E-state index < -0.39 is 0 Å². The average Bonchev–Trinajstić information content (AvgIpc) is 2.80. The number of rotatable bonds is 4. The number of hydrogen-bond donors (Lipinski definition) is 1. The average molecular weight is 247 g/mol. The van der Waals surface area contributed by atoms with Crippen molar-refractivity contribution < 1.29 is 0 Å². The van der Waals surface area contributed by atoms with E-state index in [9.17, 15) is 0 Å². The van der Waals surface area contributed by atoms with Crippen LogP contribution < -0.4 is 5.32 Å². The number of aromatic nitrogens is 2. The normalized spacial score (nSPS) is 16.7. The summed E-state index contributed by atoms with van der Waals surface area (Å²) in [5, 5.41) is 3.45. The van der Waals surface area contributed by atoms with E-state index in [0.29, 0.717) is 12.0 Å². The SMILES string of the molecule is Cc1nc(C2CCCC2)nc(C)c1CNC(C)C. The van der Waals surface area contributed by atoms with Gasteiger partial charge in [0.25, 0.3) is 0 Å². The second-order valence-corrected chi connectivity index (χ2v) is 5.75. The first-order valence-corrected chi connectivity index (χ1v) is 7.15. The second kappa shape index (κ2) is 5.79. The summed E-state index contributed by atoms with van der Waals surface area (Å²) < 4.78 is 0. The highest BCUT2D eigenvalue weighted by atomic mass is 14.9. The Bertz CT molecular complexity index is 383. The van der Waals surface area contributed by atoms with Gasteiger partial charge in [0.05, 0.1) is 0 Å². The molecule has 1 heterocycles. The molecule has 2 rings (SSSR count). The first-order chi connectivity index (χ1) is 8.58. The third-order valence-corrected chi connectivity index (χ3v) is 3.85. The summed E-state index contributed by atoms with van der Waals surface area (Å²) in [6, 6.07) is 0.498. The Kier molecular flexibility index (Phi) is 4.33. The maximum atomic E-state index is 4.74. The molecule has 0 saturated heterocycles. The summed E-state index contributed by atoms with van der Waals surface area (Å²) in [6.45, 7) is 9.44. The van der Waals surface area contributed by atoms with Crippen molar-refractivity contribution in [2.24, 2.45) is 0 Å². The fraction of sp³-hybridized carbons (Fsp3) is 0.733. The fourth-order valence-corrected chi connectivity index (χ4v) is 2.69. The highest BCUT2D eigenvalue weighted by Gasteiger charge is 2.21. The minimum atomic E-state index is 0.498. The molecule has 0 bridgehead atoms. The van der Waals surface area contributed by atoms with E-state index in [2.05, 4.69) is 33.0 Å². The Morgan fingerprint density at radius 2 is 1.67 bits per heavy atom. The van der Waals surface area contributed by atoms with E-state index in [4.69, 9.17) is 9.97 Å². The van der Waals surface area contributed by atoms with Gasteiger partial charge in [-0.25, -0.2) is 9.97 Å². The lowest BCUT2D eigenvalue weighted by Gasteiger charge is -2.15. The number of aryl methyl sites for hydroxylation is 2. The van der Waals surface area contributed by atoms with Gasteiger partial charge in [0, 0.05) is 35.5 Å². The zero-order valence-electron chi connectivity index (χ0n) is 12.1. The third kappa shape index (κ3) is 3.08. The van der Waals surface area contributed by atoms with E-state index in [1.54, 1.807) is 0 Å². The number of hydrogen-bond acceptors (Lipinski definition) is 3. The van der Waals surface area contributed by atoms with Crippen molar-refractivity contribution in [3.63, 3.8) is 0 Å². The molecule has 1 aromatic heterocycles. The Morgan fingerprint density at radius 3 is 2.17 bits per heavy atom. The lowest BCUT2D eigenvalue weighted by molar-refractivity contribution is 0.578. The summed E-state index contributed by atoms with van der Waals surface area (Å²) in [5.41, 5.74) is 3.57. The molecule has 1 aromatic rings. The van der Waals surface area contributed by atoms with Crippen LogP contribution in [0.25, 0.3) is 0 Å². The van der Waals surface area contributed by atoms with Crippen LogP contribution in [-0.2, 0) is 6.54 Å². The van der Waals surface area contributed by atoms with Crippen LogP contribution in [0.2, 0.25) is 0 Å². The second-order valence-electron chi connectivity index (χ2n) is 5.75. The minimum Gasteiger partial charge on any atom is -0.310 e. The molecule has 3 heteroatoms. The van der Waals surface area contributed by atoms with Gasteiger partial charge < -0.3 is 5.32 Å². The molecular weight excluding hydrogens is 222 g/mol. The molecule has 0 atom stereocenters. The molecule has 0 amide bonds. The first-order valence-electron chi connectivity index (χ1n) is 7.15. The van der Waals surface area contributed by atoms with Crippen LogP contribution in [0.15, 0.2) is 0 Å². The summed E-state index contributed by atoms with van der Waals surface area (Å²) in [4.78, 5) is 9.49. The van der Waals surface area contributed by atoms with Crippen molar-refractivity contribution in [1.82, 2.24) is 15.3 Å². The van der Waals surface area contributed by atoms with Gasteiger partial charge >= 0.3 is 0 Å². The Balaban J connectivity index is 2.17. The molecule has 1 N–H and O–H groups in total. The lowest BCUT2D eigenvalue weighted by atomic mass is 10.1. The molecule has 1 fully saturated rings. The van der Waals surface area contributed by atoms with Crippen LogP contribution >= 0.6 is 0 Å². The largest absolute Gasteiger partial charge is 0.310 e. The summed E-state index contributed by atoms with van der Waals surface area (Å²) >= 11 is 0. The fourth-order valence-electron chi connectivity index (χ4n) is 2.69. The van der Waals surface area contributed by atoms with Gasteiger partial charge in [0.2, 0.25) is 0 Å². The molecular formula is C15H25N3. The minimum absolute atomic E-state index is 0.498. The van der Waals surface area contributed by atoms with E-state index in [0.717, 1.165) is 23.8 Å². The van der Waals surface area contributed by atoms with Crippen LogP contribution in [0.1, 0.15) is 68.2 Å². The molecule has 1 aliphatic rings. The van der Waals surface area contributed by atoms with Crippen LogP contribution in [0, 0.1) is 13.8 Å². The van der Waals surface area contributed by atoms with Gasteiger partial charge in [-0.05, 0) is 26.7 Å². The third-order valence-electron chi connectivity index (χ3n) is 3.85. The van der Waals surface area contributed by atoms with E-state index in [-0.39, 0.29) is 0 Å². The molecule has 1 saturated carbocycles. The molecule has 0 unspecified atom stereocenters. The Hall–Kier alpha value is -0.960. The maximum absolute atomic E-state index is 4.74. The van der Waals surface area contributed by atoms with Crippen LogP contribution in [0.4, 0.5) is 0 Å². The van der Waals surface area contributed by atoms with Crippen LogP contribution in [0.5, 0.6) is 0 Å². The smallest absolute Gasteiger partial charge is 0.131 e. The molecule has 0 aromatic carbocycles. The maximum Gasteiger partial charge on any atom is 0.131 e. The highest BCUT2D eigenvalue weighted by molar-refractivity contribution is 5.25. The van der Waals surface area contributed by atoms with Crippen LogP contribution in [-0.4, -0.2) is 16.0 Å². The van der Waals surface area contributed by atoms with Gasteiger partial charge in [-0.3, -0.25) is 0 Å². The van der Waals surface area contributed by atoms with Gasteiger partial charge in [-0.1, -0.05) is 26.7 Å². The first kappa shape index (κ1) is 13.5. The van der Waals surface area contributed by atoms with Gasteiger partial charge in [-0.15, -0.1) is 0 Å². The molecule has 18 heavy (non-hydrogen) atoms. The topological polar surface area (TPSA) is 37.8 Å². The molecule has 0 spiro atoms. The molecule has 0 aliphatic heterocycles. The van der Waals surface area contributed by atoms with Crippen molar-refractivity contribution >= 4 is 0 Å². The van der Waals surface area contributed by atoms with Crippen molar-refractivity contribution in [3.05, 3.63) is 22.8 Å².